The lowest BCUT2D eigenvalue weighted by Gasteiger charge is -2.25. The Hall–Kier alpha value is -4.70. The fourth-order valence-corrected chi connectivity index (χ4v) is 4.39. The summed E-state index contributed by atoms with van der Waals surface area (Å²) in [6.45, 7) is 0.523. The van der Waals surface area contributed by atoms with Crippen LogP contribution in [0.25, 0.3) is 10.9 Å². The number of rotatable bonds is 19. The first-order valence-corrected chi connectivity index (χ1v) is 13.9. The zero-order chi connectivity index (χ0) is 31.9. The summed E-state index contributed by atoms with van der Waals surface area (Å²) in [4.78, 5) is 69.8. The summed E-state index contributed by atoms with van der Waals surface area (Å²) in [5.41, 5.74) is 28.7. The Morgan fingerprint density at radius 2 is 1.49 bits per heavy atom. The van der Waals surface area contributed by atoms with Gasteiger partial charge in [0.15, 0.2) is 5.96 Å². The quantitative estimate of drug-likeness (QED) is 0.0463. The number of aromatic amines is 1. The predicted octanol–water partition coefficient (Wildman–Crippen LogP) is -2.37. The van der Waals surface area contributed by atoms with Crippen LogP contribution in [0.2, 0.25) is 0 Å². The number of para-hydroxylation sites is 1. The molecule has 4 unspecified atom stereocenters. The standard InChI is InChI=1S/C27H42N10O6/c28-10-4-3-8-20(26(42)43)36-24(40)19(9-5-11-33-27(31)32)35-25(41)21(37-23(39)17(29)13-22(30)38)12-15-14-34-18-7-2-1-6-16(15)18/h1-2,6-7,14,17,19-21,34H,3-5,8-13,28-29H2,(H2,30,38)(H,35,41)(H,36,40)(H,37,39)(H,42,43)(H4,31,32,33). The number of unbranched alkanes of at least 4 members (excludes halogenated alkanes) is 1. The molecule has 4 amide bonds. The van der Waals surface area contributed by atoms with E-state index in [4.69, 9.17) is 28.7 Å². The number of carbonyl (C=O) groups is 5. The van der Waals surface area contributed by atoms with Crippen LogP contribution in [-0.4, -0.2) is 82.9 Å². The summed E-state index contributed by atoms with van der Waals surface area (Å²) in [6, 6.07) is 2.41. The third-order valence-electron chi connectivity index (χ3n) is 6.63. The normalized spacial score (nSPS) is 13.7. The van der Waals surface area contributed by atoms with E-state index in [2.05, 4.69) is 25.9 Å². The van der Waals surface area contributed by atoms with E-state index >= 15 is 0 Å². The van der Waals surface area contributed by atoms with Crippen LogP contribution in [0.1, 0.15) is 44.1 Å². The van der Waals surface area contributed by atoms with Crippen molar-refractivity contribution < 1.29 is 29.1 Å². The Balaban J connectivity index is 2.31. The Bertz CT molecular complexity index is 1290. The van der Waals surface area contributed by atoms with Gasteiger partial charge in [0.25, 0.3) is 0 Å². The van der Waals surface area contributed by atoms with Crippen LogP contribution < -0.4 is 44.6 Å². The molecule has 0 aliphatic rings. The fourth-order valence-electron chi connectivity index (χ4n) is 4.39. The highest BCUT2D eigenvalue weighted by atomic mass is 16.4. The lowest BCUT2D eigenvalue weighted by atomic mass is 10.0. The molecule has 2 aromatic rings. The maximum atomic E-state index is 13.6. The molecule has 2 rings (SSSR count). The number of nitrogens with one attached hydrogen (secondary N) is 4. The van der Waals surface area contributed by atoms with Crippen molar-refractivity contribution >= 4 is 46.5 Å². The number of amides is 4. The number of carbonyl (C=O) groups excluding carboxylic acids is 4. The average Bonchev–Trinajstić information content (AvgIpc) is 3.35. The van der Waals surface area contributed by atoms with E-state index in [0.29, 0.717) is 24.9 Å². The van der Waals surface area contributed by atoms with Gasteiger partial charge in [-0.05, 0) is 50.3 Å². The molecule has 0 aliphatic heterocycles. The lowest BCUT2D eigenvalue weighted by molar-refractivity contribution is -0.142. The van der Waals surface area contributed by atoms with E-state index in [1.807, 2.05) is 24.3 Å². The van der Waals surface area contributed by atoms with Crippen LogP contribution in [0, 0.1) is 0 Å². The highest BCUT2D eigenvalue weighted by molar-refractivity contribution is 5.95. The van der Waals surface area contributed by atoms with Gasteiger partial charge in [-0.1, -0.05) is 18.2 Å². The van der Waals surface area contributed by atoms with Crippen LogP contribution in [0.4, 0.5) is 0 Å². The number of H-pyrrole nitrogens is 1. The lowest BCUT2D eigenvalue weighted by Crippen LogP contribution is -2.57. The highest BCUT2D eigenvalue weighted by Crippen LogP contribution is 2.19. The molecule has 1 aromatic carbocycles. The largest absolute Gasteiger partial charge is 0.480 e. The van der Waals surface area contributed by atoms with E-state index in [0.717, 1.165) is 10.9 Å². The van der Waals surface area contributed by atoms with Crippen molar-refractivity contribution in [3.63, 3.8) is 0 Å². The van der Waals surface area contributed by atoms with E-state index in [1.54, 1.807) is 6.20 Å². The van der Waals surface area contributed by atoms with Crippen molar-refractivity contribution in [2.24, 2.45) is 33.7 Å². The van der Waals surface area contributed by atoms with Gasteiger partial charge in [0, 0.05) is 30.1 Å². The number of primary amides is 1. The minimum absolute atomic E-state index is 0.00403. The van der Waals surface area contributed by atoms with Crippen molar-refractivity contribution in [3.05, 3.63) is 36.0 Å². The third kappa shape index (κ3) is 11.6. The van der Waals surface area contributed by atoms with Gasteiger partial charge in [-0.15, -0.1) is 0 Å². The van der Waals surface area contributed by atoms with Crippen molar-refractivity contribution in [2.45, 2.75) is 69.1 Å². The molecule has 16 nitrogen and oxygen atoms in total. The summed E-state index contributed by atoms with van der Waals surface area (Å²) < 4.78 is 0. The average molecular weight is 603 g/mol. The molecular formula is C27H42N10O6. The minimum Gasteiger partial charge on any atom is -0.480 e. The Morgan fingerprint density at radius 1 is 0.860 bits per heavy atom. The number of aliphatic imine (C=N–C) groups is 1. The molecule has 15 N–H and O–H groups in total. The molecule has 4 atom stereocenters. The summed E-state index contributed by atoms with van der Waals surface area (Å²) in [5.74, 6) is -4.44. The Kier molecular flexibility index (Phi) is 13.9. The van der Waals surface area contributed by atoms with E-state index in [-0.39, 0.29) is 38.2 Å². The number of fused-ring (bicyclic) bond motifs is 1. The summed E-state index contributed by atoms with van der Waals surface area (Å²) in [7, 11) is 0. The fraction of sp³-hybridized carbons (Fsp3) is 0.481. The molecule has 236 valence electrons. The predicted molar refractivity (Wildman–Crippen MR) is 160 cm³/mol. The topological polar surface area (TPSA) is 300 Å². The summed E-state index contributed by atoms with van der Waals surface area (Å²) in [5, 5.41) is 18.1. The molecule has 0 bridgehead atoms. The molecule has 0 radical (unpaired) electrons. The number of nitrogens with two attached hydrogens (primary N) is 5. The van der Waals surface area contributed by atoms with Crippen molar-refractivity contribution in [2.75, 3.05) is 13.1 Å². The van der Waals surface area contributed by atoms with Gasteiger partial charge in [0.2, 0.25) is 23.6 Å². The first-order valence-electron chi connectivity index (χ1n) is 13.9. The molecule has 43 heavy (non-hydrogen) atoms. The number of guanidine groups is 1. The monoisotopic (exact) mass is 602 g/mol. The molecule has 0 spiro atoms. The van der Waals surface area contributed by atoms with Gasteiger partial charge in [-0.3, -0.25) is 24.2 Å². The van der Waals surface area contributed by atoms with Crippen molar-refractivity contribution in [3.8, 4) is 0 Å². The number of aromatic nitrogens is 1. The van der Waals surface area contributed by atoms with Gasteiger partial charge in [0.05, 0.1) is 12.5 Å². The number of aliphatic carboxylic acids is 1. The first kappa shape index (κ1) is 34.5. The van der Waals surface area contributed by atoms with Gasteiger partial charge in [-0.2, -0.15) is 0 Å². The maximum Gasteiger partial charge on any atom is 0.326 e. The molecule has 1 heterocycles. The van der Waals surface area contributed by atoms with Gasteiger partial charge >= 0.3 is 5.97 Å². The molecule has 0 saturated carbocycles. The van der Waals surface area contributed by atoms with Crippen LogP contribution >= 0.6 is 0 Å². The Morgan fingerprint density at radius 3 is 2.14 bits per heavy atom. The van der Waals surface area contributed by atoms with Crippen LogP contribution in [0.3, 0.4) is 0 Å². The number of hydrogen-bond donors (Lipinski definition) is 10. The van der Waals surface area contributed by atoms with Gasteiger partial charge in [0.1, 0.15) is 18.1 Å². The molecular weight excluding hydrogens is 560 g/mol. The maximum absolute atomic E-state index is 13.6. The molecule has 0 fully saturated rings. The molecule has 16 heteroatoms. The second kappa shape index (κ2) is 17.3. The summed E-state index contributed by atoms with van der Waals surface area (Å²) in [6.07, 6.45) is 2.77. The first-order chi connectivity index (χ1) is 20.4. The van der Waals surface area contributed by atoms with Crippen LogP contribution in [-0.2, 0) is 30.4 Å². The number of carboxylic acid groups (broad SMARTS) is 1. The minimum atomic E-state index is -1.31. The number of nitrogens with zero attached hydrogens (tertiary/aromatic N) is 1. The van der Waals surface area contributed by atoms with E-state index in [1.165, 1.54) is 0 Å². The number of hydrogen-bond acceptors (Lipinski definition) is 8. The SMILES string of the molecule is NCCCCC(NC(=O)C(CCCN=C(N)N)NC(=O)C(Cc1c[nH]c2ccccc12)NC(=O)C(N)CC(N)=O)C(=O)O. The molecule has 1 aromatic heterocycles. The molecule has 0 aliphatic carbocycles. The van der Waals surface area contributed by atoms with Crippen molar-refractivity contribution in [1.29, 1.82) is 0 Å². The van der Waals surface area contributed by atoms with Crippen LogP contribution in [0.15, 0.2) is 35.5 Å². The van der Waals surface area contributed by atoms with Crippen LogP contribution in [0.5, 0.6) is 0 Å². The van der Waals surface area contributed by atoms with E-state index < -0.39 is 60.2 Å². The van der Waals surface area contributed by atoms with E-state index in [9.17, 15) is 29.1 Å². The smallest absolute Gasteiger partial charge is 0.326 e. The highest BCUT2D eigenvalue weighted by Gasteiger charge is 2.31. The van der Waals surface area contributed by atoms with Crippen molar-refractivity contribution in [1.82, 2.24) is 20.9 Å². The second-order valence-electron chi connectivity index (χ2n) is 10.1. The zero-order valence-electron chi connectivity index (χ0n) is 23.9. The Labute approximate surface area is 248 Å². The third-order valence-corrected chi connectivity index (χ3v) is 6.63. The summed E-state index contributed by atoms with van der Waals surface area (Å²) >= 11 is 0. The number of benzene rings is 1. The zero-order valence-corrected chi connectivity index (χ0v) is 23.9. The van der Waals surface area contributed by atoms with Gasteiger partial charge in [-0.25, -0.2) is 4.79 Å². The second-order valence-corrected chi connectivity index (χ2v) is 10.1. The molecule has 0 saturated heterocycles. The van der Waals surface area contributed by atoms with Gasteiger partial charge < -0.3 is 54.7 Å². The number of carboxylic acids is 1.